The largest absolute Gasteiger partial charge is 0.389 e. The summed E-state index contributed by atoms with van der Waals surface area (Å²) >= 11 is 0. The predicted molar refractivity (Wildman–Crippen MR) is 84.3 cm³/mol. The Morgan fingerprint density at radius 2 is 1.42 bits per heavy atom. The van der Waals surface area contributed by atoms with E-state index in [-0.39, 0.29) is 0 Å². The topological polar surface area (TPSA) is 20.2 Å². The zero-order valence-electron chi connectivity index (χ0n) is 12.1. The molecular formula is C17H22OSi. The van der Waals surface area contributed by atoms with Crippen molar-refractivity contribution >= 4 is 13.3 Å². The third-order valence-electron chi connectivity index (χ3n) is 4.33. The highest BCUT2D eigenvalue weighted by molar-refractivity contribution is 6.91. The Balaban J connectivity index is 2.46. The molecule has 0 amide bonds. The molecule has 1 N–H and O–H groups in total. The maximum absolute atomic E-state index is 11.1. The molecular weight excluding hydrogens is 248 g/mol. The molecule has 100 valence electrons. The molecule has 0 saturated heterocycles. The van der Waals surface area contributed by atoms with Crippen molar-refractivity contribution in [1.29, 1.82) is 0 Å². The summed E-state index contributed by atoms with van der Waals surface area (Å²) in [4.78, 5) is 0. The van der Waals surface area contributed by atoms with Crippen LogP contribution >= 0.6 is 0 Å². The van der Waals surface area contributed by atoms with E-state index in [0.29, 0.717) is 0 Å². The van der Waals surface area contributed by atoms with Gasteiger partial charge in [-0.1, -0.05) is 78.4 Å². The summed E-state index contributed by atoms with van der Waals surface area (Å²) < 4.78 is 0. The smallest absolute Gasteiger partial charge is 0.122 e. The van der Waals surface area contributed by atoms with Crippen LogP contribution in [-0.2, 0) is 5.22 Å². The average molecular weight is 270 g/mol. The molecule has 0 saturated carbocycles. The maximum Gasteiger partial charge on any atom is 0.122 e. The van der Waals surface area contributed by atoms with Crippen molar-refractivity contribution in [2.75, 3.05) is 0 Å². The van der Waals surface area contributed by atoms with E-state index >= 15 is 0 Å². The van der Waals surface area contributed by atoms with Crippen LogP contribution in [0.1, 0.15) is 18.1 Å². The minimum absolute atomic E-state index is 0.776. The van der Waals surface area contributed by atoms with Gasteiger partial charge in [-0.2, -0.15) is 0 Å². The monoisotopic (exact) mass is 270 g/mol. The van der Waals surface area contributed by atoms with E-state index in [1.54, 1.807) is 0 Å². The van der Waals surface area contributed by atoms with Crippen LogP contribution in [0.25, 0.3) is 0 Å². The fourth-order valence-electron chi connectivity index (χ4n) is 2.37. The van der Waals surface area contributed by atoms with Crippen molar-refractivity contribution in [3.63, 3.8) is 0 Å². The van der Waals surface area contributed by atoms with E-state index in [4.69, 9.17) is 0 Å². The second-order valence-electron chi connectivity index (χ2n) is 5.93. The molecule has 0 aliphatic rings. The van der Waals surface area contributed by atoms with E-state index in [2.05, 4.69) is 56.4 Å². The number of hydrogen-bond acceptors (Lipinski definition) is 1. The number of hydrogen-bond donors (Lipinski definition) is 1. The molecule has 2 rings (SSSR count). The van der Waals surface area contributed by atoms with Crippen molar-refractivity contribution in [2.45, 2.75) is 32.2 Å². The summed E-state index contributed by atoms with van der Waals surface area (Å²) in [5.41, 5.74) is 2.23. The highest BCUT2D eigenvalue weighted by atomic mass is 28.3. The van der Waals surface area contributed by atoms with Gasteiger partial charge in [0.1, 0.15) is 8.07 Å². The van der Waals surface area contributed by atoms with Crippen molar-refractivity contribution < 1.29 is 5.11 Å². The Morgan fingerprint density at radius 1 is 0.895 bits per heavy atom. The van der Waals surface area contributed by atoms with Crippen molar-refractivity contribution in [3.8, 4) is 0 Å². The van der Waals surface area contributed by atoms with Crippen molar-refractivity contribution in [1.82, 2.24) is 0 Å². The maximum atomic E-state index is 11.1. The molecule has 19 heavy (non-hydrogen) atoms. The highest BCUT2D eigenvalue weighted by Crippen LogP contribution is 2.31. The number of benzene rings is 2. The van der Waals surface area contributed by atoms with Crippen LogP contribution in [0.2, 0.25) is 13.1 Å². The van der Waals surface area contributed by atoms with Gasteiger partial charge in [0.05, 0.1) is 5.22 Å². The van der Waals surface area contributed by atoms with Crippen LogP contribution in [0.5, 0.6) is 0 Å². The Kier molecular flexibility index (Phi) is 3.66. The Morgan fingerprint density at radius 3 is 1.95 bits per heavy atom. The van der Waals surface area contributed by atoms with Crippen LogP contribution in [0.3, 0.4) is 0 Å². The highest BCUT2D eigenvalue weighted by Gasteiger charge is 2.43. The van der Waals surface area contributed by atoms with Gasteiger partial charge >= 0.3 is 0 Å². The molecule has 1 atom stereocenters. The van der Waals surface area contributed by atoms with E-state index in [9.17, 15) is 5.11 Å². The van der Waals surface area contributed by atoms with E-state index < -0.39 is 13.3 Å². The minimum atomic E-state index is -2.01. The quantitative estimate of drug-likeness (QED) is 0.848. The standard InChI is InChI=1S/C17H22OSi/c1-14-10-12-15(13-11-14)17(2,18)19(3,4)16-8-6-5-7-9-16/h5-13,18H,1-4H3. The molecule has 2 aromatic carbocycles. The SMILES string of the molecule is Cc1ccc(C(C)(O)[Si](C)(C)c2ccccc2)cc1. The second-order valence-corrected chi connectivity index (χ2v) is 10.7. The Labute approximate surface area is 116 Å². The molecule has 1 unspecified atom stereocenters. The molecule has 1 nitrogen and oxygen atoms in total. The van der Waals surface area contributed by atoms with Crippen LogP contribution in [0.4, 0.5) is 0 Å². The second kappa shape index (κ2) is 4.95. The van der Waals surface area contributed by atoms with Gasteiger partial charge in [-0.15, -0.1) is 0 Å². The fourth-order valence-corrected chi connectivity index (χ4v) is 4.85. The summed E-state index contributed by atoms with van der Waals surface area (Å²) in [5.74, 6) is 0. The fraction of sp³-hybridized carbons (Fsp3) is 0.294. The number of rotatable bonds is 3. The van der Waals surface area contributed by atoms with Gasteiger partial charge in [0, 0.05) is 0 Å². The zero-order valence-corrected chi connectivity index (χ0v) is 13.1. The first kappa shape index (κ1) is 14.0. The lowest BCUT2D eigenvalue weighted by Crippen LogP contribution is -2.58. The first-order valence-electron chi connectivity index (χ1n) is 6.71. The molecule has 0 fully saturated rings. The molecule has 2 heteroatoms. The van der Waals surface area contributed by atoms with Gasteiger partial charge < -0.3 is 5.11 Å². The van der Waals surface area contributed by atoms with Gasteiger partial charge in [-0.05, 0) is 19.4 Å². The van der Waals surface area contributed by atoms with Gasteiger partial charge in [-0.25, -0.2) is 0 Å². The molecule has 0 bridgehead atoms. The normalized spacial score (nSPS) is 15.0. The lowest BCUT2D eigenvalue weighted by atomic mass is 10.1. The van der Waals surface area contributed by atoms with E-state index in [1.807, 2.05) is 25.1 Å². The summed E-state index contributed by atoms with van der Waals surface area (Å²) in [6.45, 7) is 8.47. The molecule has 0 spiro atoms. The molecule has 0 aliphatic carbocycles. The predicted octanol–water partition coefficient (Wildman–Crippen LogP) is 3.36. The van der Waals surface area contributed by atoms with Crippen LogP contribution in [0, 0.1) is 6.92 Å². The summed E-state index contributed by atoms with van der Waals surface area (Å²) in [6, 6.07) is 18.6. The molecule has 0 aromatic heterocycles. The number of aliphatic hydroxyl groups is 1. The van der Waals surface area contributed by atoms with Gasteiger partial charge in [-0.3, -0.25) is 0 Å². The molecule has 0 heterocycles. The lowest BCUT2D eigenvalue weighted by Gasteiger charge is -2.39. The first-order valence-corrected chi connectivity index (χ1v) is 9.71. The van der Waals surface area contributed by atoms with E-state index in [1.165, 1.54) is 10.8 Å². The van der Waals surface area contributed by atoms with Crippen molar-refractivity contribution in [3.05, 3.63) is 65.7 Å². The van der Waals surface area contributed by atoms with Crippen LogP contribution in [-0.4, -0.2) is 13.2 Å². The third-order valence-corrected chi connectivity index (χ3v) is 8.83. The van der Waals surface area contributed by atoms with E-state index in [0.717, 1.165) is 5.56 Å². The van der Waals surface area contributed by atoms with Gasteiger partial charge in [0.15, 0.2) is 0 Å². The molecule has 0 aliphatic heterocycles. The molecule has 2 aromatic rings. The summed E-state index contributed by atoms with van der Waals surface area (Å²) in [6.07, 6.45) is 0. The number of aryl methyl sites for hydroxylation is 1. The Bertz CT molecular complexity index is 541. The first-order chi connectivity index (χ1) is 8.85. The zero-order chi connectivity index (χ0) is 14.1. The van der Waals surface area contributed by atoms with Gasteiger partial charge in [0.2, 0.25) is 0 Å². The van der Waals surface area contributed by atoms with Crippen LogP contribution in [0.15, 0.2) is 54.6 Å². The molecule has 0 radical (unpaired) electrons. The lowest BCUT2D eigenvalue weighted by molar-refractivity contribution is 0.137. The third kappa shape index (κ3) is 2.51. The van der Waals surface area contributed by atoms with Crippen molar-refractivity contribution in [2.24, 2.45) is 0 Å². The summed E-state index contributed by atoms with van der Waals surface area (Å²) in [7, 11) is -2.01. The van der Waals surface area contributed by atoms with Crippen LogP contribution < -0.4 is 5.19 Å². The average Bonchev–Trinajstić information content (AvgIpc) is 2.40. The Hall–Kier alpha value is -1.38. The van der Waals surface area contributed by atoms with Gasteiger partial charge in [0.25, 0.3) is 0 Å². The minimum Gasteiger partial charge on any atom is -0.389 e. The summed E-state index contributed by atoms with van der Waals surface area (Å²) in [5, 5.41) is 11.6.